The smallest absolute Gasteiger partial charge is 0.173 e. The largest absolute Gasteiger partial charge is 0.233 e. The number of benzene rings is 1. The van der Waals surface area contributed by atoms with E-state index in [1.165, 1.54) is 6.07 Å². The third-order valence-electron chi connectivity index (χ3n) is 2.53. The Balaban J connectivity index is 2.55. The van der Waals surface area contributed by atoms with Gasteiger partial charge in [0.25, 0.3) is 0 Å². The van der Waals surface area contributed by atoms with Crippen LogP contribution in [0.4, 0.5) is 8.78 Å². The van der Waals surface area contributed by atoms with Crippen molar-refractivity contribution in [3.8, 4) is 11.4 Å². The van der Waals surface area contributed by atoms with E-state index in [4.69, 9.17) is 11.6 Å². The molecule has 2 rings (SSSR count). The lowest BCUT2D eigenvalue weighted by Gasteiger charge is -2.07. The fraction of sp³-hybridized carbons (Fsp3) is 0.231. The van der Waals surface area contributed by atoms with Crippen molar-refractivity contribution in [3.63, 3.8) is 0 Å². The van der Waals surface area contributed by atoms with Gasteiger partial charge in [-0.05, 0) is 40.5 Å². The minimum absolute atomic E-state index is 0.00258. The molecule has 0 amide bonds. The van der Waals surface area contributed by atoms with Gasteiger partial charge in [0.05, 0.1) is 4.47 Å². The van der Waals surface area contributed by atoms with Gasteiger partial charge < -0.3 is 0 Å². The highest BCUT2D eigenvalue weighted by atomic mass is 79.9. The van der Waals surface area contributed by atoms with Crippen molar-refractivity contribution in [1.29, 1.82) is 0 Å². The molecule has 0 atom stereocenters. The van der Waals surface area contributed by atoms with E-state index in [1.807, 2.05) is 6.92 Å². The zero-order chi connectivity index (χ0) is 14.0. The quantitative estimate of drug-likeness (QED) is 0.589. The summed E-state index contributed by atoms with van der Waals surface area (Å²) in [5.74, 6) is -1.61. The fourth-order valence-electron chi connectivity index (χ4n) is 1.67. The normalized spacial score (nSPS) is 10.8. The summed E-state index contributed by atoms with van der Waals surface area (Å²) in [5.41, 5.74) is 1.15. The third-order valence-corrected chi connectivity index (χ3v) is 3.50. The van der Waals surface area contributed by atoms with Crippen molar-refractivity contribution in [2.45, 2.75) is 19.8 Å². The molecule has 0 aliphatic heterocycles. The summed E-state index contributed by atoms with van der Waals surface area (Å²) in [5, 5.41) is 0.282. The predicted molar refractivity (Wildman–Crippen MR) is 74.1 cm³/mol. The molecule has 2 nitrogen and oxygen atoms in total. The molecule has 0 bridgehead atoms. The highest BCUT2D eigenvalue weighted by Crippen LogP contribution is 2.30. The molecule has 0 N–H and O–H groups in total. The summed E-state index contributed by atoms with van der Waals surface area (Å²) in [6, 6.07) is 4.13. The second-order valence-corrected chi connectivity index (χ2v) is 5.16. The van der Waals surface area contributed by atoms with E-state index in [1.54, 1.807) is 6.07 Å². The molecule has 0 saturated heterocycles. The molecule has 0 unspecified atom stereocenters. The molecule has 6 heteroatoms. The van der Waals surface area contributed by atoms with Crippen LogP contribution in [0.5, 0.6) is 0 Å². The first kappa shape index (κ1) is 14.3. The SMILES string of the molecule is CCCc1cc(Cl)nc(-c2ccc(F)c(F)c2Br)n1. The van der Waals surface area contributed by atoms with Gasteiger partial charge in [0.2, 0.25) is 0 Å². The molecular formula is C13H10BrClF2N2. The van der Waals surface area contributed by atoms with Gasteiger partial charge >= 0.3 is 0 Å². The van der Waals surface area contributed by atoms with Gasteiger partial charge in [-0.25, -0.2) is 18.7 Å². The summed E-state index contributed by atoms with van der Waals surface area (Å²) in [7, 11) is 0. The number of hydrogen-bond acceptors (Lipinski definition) is 2. The first-order valence-electron chi connectivity index (χ1n) is 5.70. The van der Waals surface area contributed by atoms with Crippen LogP contribution in [0, 0.1) is 11.6 Å². The minimum atomic E-state index is -0.960. The molecule has 1 aromatic heterocycles. The van der Waals surface area contributed by atoms with Crippen LogP contribution in [0.2, 0.25) is 5.15 Å². The van der Waals surface area contributed by atoms with Crippen LogP contribution in [0.1, 0.15) is 19.0 Å². The summed E-state index contributed by atoms with van der Waals surface area (Å²) >= 11 is 8.94. The molecule has 0 aliphatic rings. The number of aryl methyl sites for hydroxylation is 1. The van der Waals surface area contributed by atoms with Crippen LogP contribution < -0.4 is 0 Å². The van der Waals surface area contributed by atoms with Gasteiger partial charge in [-0.2, -0.15) is 0 Å². The molecule has 19 heavy (non-hydrogen) atoms. The van der Waals surface area contributed by atoms with E-state index < -0.39 is 11.6 Å². The van der Waals surface area contributed by atoms with Crippen LogP contribution in [0.25, 0.3) is 11.4 Å². The van der Waals surface area contributed by atoms with Gasteiger partial charge in [-0.3, -0.25) is 0 Å². The van der Waals surface area contributed by atoms with Crippen LogP contribution in [-0.4, -0.2) is 9.97 Å². The lowest BCUT2D eigenvalue weighted by Crippen LogP contribution is -1.98. The molecule has 100 valence electrons. The first-order chi connectivity index (χ1) is 9.02. The van der Waals surface area contributed by atoms with Crippen molar-refractivity contribution >= 4 is 27.5 Å². The second kappa shape index (κ2) is 5.92. The number of aromatic nitrogens is 2. The minimum Gasteiger partial charge on any atom is -0.233 e. The summed E-state index contributed by atoms with van der Waals surface area (Å²) in [6.45, 7) is 2.02. The summed E-state index contributed by atoms with van der Waals surface area (Å²) in [6.07, 6.45) is 1.66. The Morgan fingerprint density at radius 2 is 2.00 bits per heavy atom. The Morgan fingerprint density at radius 1 is 1.26 bits per heavy atom. The lowest BCUT2D eigenvalue weighted by atomic mass is 10.2. The molecule has 0 radical (unpaired) electrons. The Hall–Kier alpha value is -1.07. The Bertz CT molecular complexity index is 620. The van der Waals surface area contributed by atoms with E-state index in [-0.39, 0.29) is 15.5 Å². The molecule has 0 aliphatic carbocycles. The topological polar surface area (TPSA) is 25.8 Å². The highest BCUT2D eigenvalue weighted by molar-refractivity contribution is 9.10. The van der Waals surface area contributed by atoms with Gasteiger partial charge in [0.1, 0.15) is 5.15 Å². The monoisotopic (exact) mass is 346 g/mol. The van der Waals surface area contributed by atoms with Crippen molar-refractivity contribution in [2.24, 2.45) is 0 Å². The van der Waals surface area contributed by atoms with Gasteiger partial charge in [-0.15, -0.1) is 0 Å². The van der Waals surface area contributed by atoms with Gasteiger partial charge in [-0.1, -0.05) is 24.9 Å². The lowest BCUT2D eigenvalue weighted by molar-refractivity contribution is 0.504. The van der Waals surface area contributed by atoms with E-state index in [0.29, 0.717) is 5.56 Å². The molecular weight excluding hydrogens is 338 g/mol. The van der Waals surface area contributed by atoms with Crippen molar-refractivity contribution < 1.29 is 8.78 Å². The standard InChI is InChI=1S/C13H10BrClF2N2/c1-2-3-7-6-10(15)19-13(18-7)8-4-5-9(16)12(17)11(8)14/h4-6H,2-3H2,1H3. The Labute approximate surface area is 123 Å². The van der Waals surface area contributed by atoms with Crippen molar-refractivity contribution in [1.82, 2.24) is 9.97 Å². The van der Waals surface area contributed by atoms with Gasteiger partial charge in [0, 0.05) is 11.3 Å². The summed E-state index contributed by atoms with van der Waals surface area (Å²) < 4.78 is 26.6. The fourth-order valence-corrected chi connectivity index (χ4v) is 2.37. The van der Waals surface area contributed by atoms with E-state index in [2.05, 4.69) is 25.9 Å². The van der Waals surface area contributed by atoms with Crippen LogP contribution in [-0.2, 0) is 6.42 Å². The first-order valence-corrected chi connectivity index (χ1v) is 6.87. The van der Waals surface area contributed by atoms with Crippen LogP contribution >= 0.6 is 27.5 Å². The Kier molecular flexibility index (Phi) is 4.47. The van der Waals surface area contributed by atoms with E-state index in [0.717, 1.165) is 24.6 Å². The van der Waals surface area contributed by atoms with E-state index >= 15 is 0 Å². The maximum absolute atomic E-state index is 13.5. The third kappa shape index (κ3) is 3.09. The van der Waals surface area contributed by atoms with Crippen molar-refractivity contribution in [2.75, 3.05) is 0 Å². The molecule has 0 saturated carbocycles. The van der Waals surface area contributed by atoms with Crippen LogP contribution in [0.3, 0.4) is 0 Å². The molecule has 1 heterocycles. The average Bonchev–Trinajstić information content (AvgIpc) is 2.36. The second-order valence-electron chi connectivity index (χ2n) is 3.98. The van der Waals surface area contributed by atoms with Crippen LogP contribution in [0.15, 0.2) is 22.7 Å². The maximum Gasteiger partial charge on any atom is 0.173 e. The zero-order valence-electron chi connectivity index (χ0n) is 10.1. The average molecular weight is 348 g/mol. The highest BCUT2D eigenvalue weighted by Gasteiger charge is 2.15. The predicted octanol–water partition coefficient (Wildman–Crippen LogP) is 4.79. The maximum atomic E-state index is 13.5. The van der Waals surface area contributed by atoms with Gasteiger partial charge in [0.15, 0.2) is 17.5 Å². The number of nitrogens with zero attached hydrogens (tertiary/aromatic N) is 2. The van der Waals surface area contributed by atoms with Crippen molar-refractivity contribution in [3.05, 3.63) is 45.2 Å². The number of rotatable bonds is 3. The Morgan fingerprint density at radius 3 is 2.68 bits per heavy atom. The number of hydrogen-bond donors (Lipinski definition) is 0. The molecule has 1 aromatic carbocycles. The molecule has 2 aromatic rings. The number of halogens is 4. The summed E-state index contributed by atoms with van der Waals surface area (Å²) in [4.78, 5) is 8.36. The zero-order valence-corrected chi connectivity index (χ0v) is 12.4. The van der Waals surface area contributed by atoms with E-state index in [9.17, 15) is 8.78 Å². The molecule has 0 fully saturated rings. The molecule has 0 spiro atoms.